The second-order valence-electron chi connectivity index (χ2n) is 4.60. The fourth-order valence-corrected chi connectivity index (χ4v) is 1.42. The highest BCUT2D eigenvalue weighted by molar-refractivity contribution is 5.89. The van der Waals surface area contributed by atoms with Gasteiger partial charge in [0.05, 0.1) is 12.6 Å². The van der Waals surface area contributed by atoms with Gasteiger partial charge in [-0.15, -0.1) is 0 Å². The van der Waals surface area contributed by atoms with Gasteiger partial charge in [0.25, 0.3) is 0 Å². The molecule has 5 heteroatoms. The molecule has 3 N–H and O–H groups in total. The van der Waals surface area contributed by atoms with Crippen LogP contribution in [0.5, 0.6) is 0 Å². The zero-order valence-corrected chi connectivity index (χ0v) is 10.8. The molecule has 0 aromatic carbocycles. The Balaban J connectivity index is 4.13. The number of rotatable bonds is 8. The molecule has 0 saturated heterocycles. The molecule has 0 aromatic heterocycles. The molecule has 0 bridgehead atoms. The molecular formula is C12H22N2O3. The lowest BCUT2D eigenvalue weighted by Gasteiger charge is -2.17. The van der Waals surface area contributed by atoms with Gasteiger partial charge in [0.1, 0.15) is 5.78 Å². The summed E-state index contributed by atoms with van der Waals surface area (Å²) in [4.78, 5) is 33.8. The number of nitrogens with one attached hydrogen (secondary N) is 1. The van der Waals surface area contributed by atoms with Crippen molar-refractivity contribution >= 4 is 17.5 Å². The van der Waals surface area contributed by atoms with Crippen molar-refractivity contribution < 1.29 is 14.4 Å². The minimum Gasteiger partial charge on any atom is -0.346 e. The summed E-state index contributed by atoms with van der Waals surface area (Å²) in [5.41, 5.74) is 5.14. The zero-order chi connectivity index (χ0) is 13.4. The van der Waals surface area contributed by atoms with Crippen LogP contribution in [-0.4, -0.2) is 30.1 Å². The van der Waals surface area contributed by atoms with Gasteiger partial charge in [-0.3, -0.25) is 14.4 Å². The maximum atomic E-state index is 11.5. The van der Waals surface area contributed by atoms with E-state index in [1.165, 1.54) is 6.92 Å². The molecule has 0 fully saturated rings. The van der Waals surface area contributed by atoms with Gasteiger partial charge in [-0.05, 0) is 19.3 Å². The minimum atomic E-state index is -0.449. The Morgan fingerprint density at radius 1 is 1.18 bits per heavy atom. The number of Topliss-reactive ketones (excluding diaryl/α,β-unsaturated/α-hetero) is 2. The van der Waals surface area contributed by atoms with E-state index >= 15 is 0 Å². The molecule has 1 atom stereocenters. The van der Waals surface area contributed by atoms with Crippen molar-refractivity contribution in [2.24, 2.45) is 11.7 Å². The van der Waals surface area contributed by atoms with Gasteiger partial charge in [0.15, 0.2) is 5.78 Å². The maximum absolute atomic E-state index is 11.5. The molecular weight excluding hydrogens is 220 g/mol. The van der Waals surface area contributed by atoms with Crippen molar-refractivity contribution in [1.82, 2.24) is 5.32 Å². The molecule has 17 heavy (non-hydrogen) atoms. The Hall–Kier alpha value is -1.23. The van der Waals surface area contributed by atoms with Gasteiger partial charge in [0, 0.05) is 12.8 Å². The predicted octanol–water partition coefficient (Wildman–Crippen LogP) is 0.414. The van der Waals surface area contributed by atoms with E-state index in [0.717, 1.165) is 0 Å². The van der Waals surface area contributed by atoms with E-state index in [2.05, 4.69) is 5.32 Å². The summed E-state index contributed by atoms with van der Waals surface area (Å²) in [7, 11) is 0. The lowest BCUT2D eigenvalue weighted by molar-refractivity contribution is -0.128. The standard InChI is InChI=1S/C12H22N2O3/c1-8(2)6-11(9(3)15)14-12(17)5-4-10(16)7-13/h8,11H,4-7,13H2,1-3H3,(H,14,17)/t11-/m1/s1. The monoisotopic (exact) mass is 242 g/mol. The first kappa shape index (κ1) is 15.8. The number of nitrogens with two attached hydrogens (primary N) is 1. The molecule has 0 heterocycles. The first-order valence-electron chi connectivity index (χ1n) is 5.88. The van der Waals surface area contributed by atoms with E-state index in [4.69, 9.17) is 5.73 Å². The van der Waals surface area contributed by atoms with Crippen LogP contribution in [0.4, 0.5) is 0 Å². The van der Waals surface area contributed by atoms with Crippen molar-refractivity contribution in [1.29, 1.82) is 0 Å². The number of carbonyl (C=O) groups excluding carboxylic acids is 3. The van der Waals surface area contributed by atoms with Crippen molar-refractivity contribution in [3.05, 3.63) is 0 Å². The van der Waals surface area contributed by atoms with Crippen molar-refractivity contribution in [2.45, 2.75) is 46.1 Å². The lowest BCUT2D eigenvalue weighted by Crippen LogP contribution is -2.40. The first-order chi connectivity index (χ1) is 7.86. The number of carbonyl (C=O) groups is 3. The van der Waals surface area contributed by atoms with E-state index in [0.29, 0.717) is 12.3 Å². The van der Waals surface area contributed by atoms with E-state index in [9.17, 15) is 14.4 Å². The summed E-state index contributed by atoms with van der Waals surface area (Å²) < 4.78 is 0. The number of hydrogen-bond acceptors (Lipinski definition) is 4. The van der Waals surface area contributed by atoms with Gasteiger partial charge >= 0.3 is 0 Å². The Kier molecular flexibility index (Phi) is 7.37. The fourth-order valence-electron chi connectivity index (χ4n) is 1.42. The highest BCUT2D eigenvalue weighted by Gasteiger charge is 2.18. The Morgan fingerprint density at radius 3 is 2.18 bits per heavy atom. The molecule has 0 aliphatic heterocycles. The summed E-state index contributed by atoms with van der Waals surface area (Å²) in [5, 5.41) is 2.65. The van der Waals surface area contributed by atoms with Crippen LogP contribution in [-0.2, 0) is 14.4 Å². The van der Waals surface area contributed by atoms with Gasteiger partial charge < -0.3 is 11.1 Å². The molecule has 1 amide bonds. The van der Waals surface area contributed by atoms with Crippen LogP contribution in [0.1, 0.15) is 40.0 Å². The highest BCUT2D eigenvalue weighted by Crippen LogP contribution is 2.06. The maximum Gasteiger partial charge on any atom is 0.221 e. The Labute approximate surface area is 102 Å². The first-order valence-corrected chi connectivity index (χ1v) is 5.88. The second kappa shape index (κ2) is 7.95. The molecule has 0 spiro atoms. The van der Waals surface area contributed by atoms with Crippen LogP contribution in [0.3, 0.4) is 0 Å². The molecule has 98 valence electrons. The van der Waals surface area contributed by atoms with E-state index in [1.54, 1.807) is 0 Å². The van der Waals surface area contributed by atoms with Gasteiger partial charge in [-0.2, -0.15) is 0 Å². The molecule has 0 aromatic rings. The van der Waals surface area contributed by atoms with Crippen LogP contribution in [0, 0.1) is 5.92 Å². The Morgan fingerprint density at radius 2 is 1.76 bits per heavy atom. The van der Waals surface area contributed by atoms with Crippen LogP contribution in [0.2, 0.25) is 0 Å². The van der Waals surface area contributed by atoms with Crippen molar-refractivity contribution in [3.63, 3.8) is 0 Å². The highest BCUT2D eigenvalue weighted by atomic mass is 16.2. The molecule has 0 rings (SSSR count). The molecule has 0 saturated carbocycles. The van der Waals surface area contributed by atoms with Crippen LogP contribution < -0.4 is 11.1 Å². The summed E-state index contributed by atoms with van der Waals surface area (Å²) >= 11 is 0. The minimum absolute atomic E-state index is 0.0462. The summed E-state index contributed by atoms with van der Waals surface area (Å²) in [6, 6.07) is -0.449. The summed E-state index contributed by atoms with van der Waals surface area (Å²) in [6.07, 6.45) is 0.846. The van der Waals surface area contributed by atoms with E-state index in [1.807, 2.05) is 13.8 Å². The van der Waals surface area contributed by atoms with E-state index < -0.39 is 6.04 Å². The molecule has 0 unspecified atom stereocenters. The molecule has 0 radical (unpaired) electrons. The topological polar surface area (TPSA) is 89.3 Å². The fraction of sp³-hybridized carbons (Fsp3) is 0.750. The molecule has 0 aliphatic rings. The van der Waals surface area contributed by atoms with Gasteiger partial charge in [0.2, 0.25) is 5.91 Å². The largest absolute Gasteiger partial charge is 0.346 e. The second-order valence-corrected chi connectivity index (χ2v) is 4.60. The smallest absolute Gasteiger partial charge is 0.221 e. The molecule has 5 nitrogen and oxygen atoms in total. The predicted molar refractivity (Wildman–Crippen MR) is 65.4 cm³/mol. The third-order valence-corrected chi connectivity index (χ3v) is 2.39. The average molecular weight is 242 g/mol. The zero-order valence-electron chi connectivity index (χ0n) is 10.8. The lowest BCUT2D eigenvalue weighted by atomic mass is 10.0. The number of ketones is 2. The SMILES string of the molecule is CC(=O)[C@@H](CC(C)C)NC(=O)CCC(=O)CN. The van der Waals surface area contributed by atoms with Gasteiger partial charge in [-0.1, -0.05) is 13.8 Å². The van der Waals surface area contributed by atoms with Crippen LogP contribution in [0.25, 0.3) is 0 Å². The van der Waals surface area contributed by atoms with Crippen LogP contribution >= 0.6 is 0 Å². The normalized spacial score (nSPS) is 12.3. The van der Waals surface area contributed by atoms with Crippen LogP contribution in [0.15, 0.2) is 0 Å². The van der Waals surface area contributed by atoms with Gasteiger partial charge in [-0.25, -0.2) is 0 Å². The summed E-state index contributed by atoms with van der Waals surface area (Å²) in [5.74, 6) is -0.150. The van der Waals surface area contributed by atoms with Crippen molar-refractivity contribution in [3.8, 4) is 0 Å². The third-order valence-electron chi connectivity index (χ3n) is 2.39. The summed E-state index contributed by atoms with van der Waals surface area (Å²) in [6.45, 7) is 5.38. The van der Waals surface area contributed by atoms with Crippen molar-refractivity contribution in [2.75, 3.05) is 6.54 Å². The third kappa shape index (κ3) is 7.63. The van der Waals surface area contributed by atoms with E-state index in [-0.39, 0.29) is 36.9 Å². The number of amides is 1. The Bertz CT molecular complexity index is 287. The quantitative estimate of drug-likeness (QED) is 0.645. The average Bonchev–Trinajstić information content (AvgIpc) is 2.24. The molecule has 0 aliphatic carbocycles. The number of hydrogen-bond donors (Lipinski definition) is 2.